The second-order valence-electron chi connectivity index (χ2n) is 4.03. The zero-order valence-corrected chi connectivity index (χ0v) is 11.9. The number of ether oxygens (including phenoxy) is 1. The largest absolute Gasteiger partial charge is 0.462 e. The highest BCUT2D eigenvalue weighted by Gasteiger charge is 2.24. The third-order valence-electron chi connectivity index (χ3n) is 2.70. The molecule has 0 aromatic heterocycles. The average Bonchev–Trinajstić information content (AvgIpc) is 2.59. The van der Waals surface area contributed by atoms with Crippen molar-refractivity contribution in [2.24, 2.45) is 0 Å². The van der Waals surface area contributed by atoms with E-state index in [0.717, 1.165) is 49.7 Å². The van der Waals surface area contributed by atoms with Gasteiger partial charge in [-0.15, -0.1) is 0 Å². The maximum atomic E-state index is 12.0. The molecule has 0 unspecified atom stereocenters. The highest BCUT2D eigenvalue weighted by atomic mass is 32.2. The molecule has 0 saturated carbocycles. The second kappa shape index (κ2) is 8.19. The number of nitrogens with one attached hydrogen (secondary N) is 1. The zero-order chi connectivity index (χ0) is 13.4. The molecule has 0 amide bonds. The van der Waals surface area contributed by atoms with Gasteiger partial charge in [0.05, 0.1) is 6.61 Å². The number of hydrogen-bond donors (Lipinski definition) is 1. The van der Waals surface area contributed by atoms with Crippen LogP contribution in [0.1, 0.15) is 39.5 Å². The molecule has 0 bridgehead atoms. The smallest absolute Gasteiger partial charge is 0.344 e. The van der Waals surface area contributed by atoms with Crippen LogP contribution in [0.15, 0.2) is 11.3 Å². The van der Waals surface area contributed by atoms with Crippen LogP contribution in [0.4, 0.5) is 0 Å². The molecule has 0 spiro atoms. The lowest BCUT2D eigenvalue weighted by Gasteiger charge is -2.12. The van der Waals surface area contributed by atoms with Gasteiger partial charge < -0.3 is 10.1 Å². The predicted molar refractivity (Wildman–Crippen MR) is 73.3 cm³/mol. The Kier molecular flexibility index (Phi) is 6.86. The van der Waals surface area contributed by atoms with E-state index in [1.165, 1.54) is 0 Å². The number of thioether (sulfide) groups is 1. The summed E-state index contributed by atoms with van der Waals surface area (Å²) < 4.78 is 4.99. The molecule has 18 heavy (non-hydrogen) atoms. The Morgan fingerprint density at radius 2 is 2.06 bits per heavy atom. The number of allylic oxidation sites excluding steroid dienone is 1. The molecule has 1 fully saturated rings. The van der Waals surface area contributed by atoms with E-state index in [4.69, 9.17) is 4.74 Å². The van der Waals surface area contributed by atoms with Gasteiger partial charge in [-0.05, 0) is 31.9 Å². The van der Waals surface area contributed by atoms with Crippen LogP contribution in [0.25, 0.3) is 0 Å². The van der Waals surface area contributed by atoms with E-state index in [0.29, 0.717) is 12.4 Å². The van der Waals surface area contributed by atoms with Crippen LogP contribution in [-0.4, -0.2) is 30.0 Å². The van der Waals surface area contributed by atoms with Crippen molar-refractivity contribution in [1.29, 1.82) is 0 Å². The van der Waals surface area contributed by atoms with Gasteiger partial charge in [-0.3, -0.25) is 4.79 Å². The molecule has 5 heteroatoms. The topological polar surface area (TPSA) is 55.4 Å². The van der Waals surface area contributed by atoms with E-state index in [2.05, 4.69) is 5.32 Å². The molecule has 0 atom stereocenters. The lowest BCUT2D eigenvalue weighted by atomic mass is 10.1. The van der Waals surface area contributed by atoms with E-state index >= 15 is 0 Å². The van der Waals surface area contributed by atoms with Crippen molar-refractivity contribution in [2.75, 3.05) is 18.9 Å². The van der Waals surface area contributed by atoms with Crippen LogP contribution in [-0.2, 0) is 14.3 Å². The van der Waals surface area contributed by atoms with E-state index in [-0.39, 0.29) is 10.7 Å². The van der Waals surface area contributed by atoms with Crippen LogP contribution in [0, 0.1) is 0 Å². The van der Waals surface area contributed by atoms with E-state index in [1.54, 1.807) is 6.92 Å². The second-order valence-corrected chi connectivity index (χ2v) is 5.27. The summed E-state index contributed by atoms with van der Waals surface area (Å²) in [6.45, 7) is 4.76. The third kappa shape index (κ3) is 4.37. The molecule has 1 aliphatic rings. The van der Waals surface area contributed by atoms with Crippen LogP contribution in [0.3, 0.4) is 0 Å². The van der Waals surface area contributed by atoms with Gasteiger partial charge >= 0.3 is 5.97 Å². The molecule has 1 rings (SSSR count). The summed E-state index contributed by atoms with van der Waals surface area (Å²) >= 11 is 1.16. The monoisotopic (exact) mass is 271 g/mol. The molecule has 102 valence electrons. The Bertz CT molecular complexity index is 309. The lowest BCUT2D eigenvalue weighted by Crippen LogP contribution is -2.23. The maximum absolute atomic E-state index is 12.0. The number of carbonyl (C=O) groups is 2. The fraction of sp³-hybridized carbons (Fsp3) is 0.692. The Morgan fingerprint density at radius 3 is 2.72 bits per heavy atom. The summed E-state index contributed by atoms with van der Waals surface area (Å²) in [5, 5.41) is 3.02. The standard InChI is InChI=1S/C13H21NO3S/c1-3-17-12(15)11(13(16)18-4-2)10-8-6-5-7-9-14-10/h14H,3-9H2,1-2H3/b11-10+. The highest BCUT2D eigenvalue weighted by molar-refractivity contribution is 8.14. The average molecular weight is 271 g/mol. The van der Waals surface area contributed by atoms with Crippen LogP contribution in [0.5, 0.6) is 0 Å². The summed E-state index contributed by atoms with van der Waals surface area (Å²) in [6.07, 6.45) is 3.97. The minimum Gasteiger partial charge on any atom is -0.462 e. The first-order valence-corrected chi connectivity index (χ1v) is 7.50. The first-order chi connectivity index (χ1) is 8.70. The first-order valence-electron chi connectivity index (χ1n) is 6.52. The van der Waals surface area contributed by atoms with Gasteiger partial charge in [-0.2, -0.15) is 0 Å². The van der Waals surface area contributed by atoms with Gasteiger partial charge in [0.2, 0.25) is 5.12 Å². The maximum Gasteiger partial charge on any atom is 0.344 e. The minimum atomic E-state index is -0.493. The first kappa shape index (κ1) is 15.1. The van der Waals surface area contributed by atoms with E-state index in [1.807, 2.05) is 6.92 Å². The molecular formula is C13H21NO3S. The van der Waals surface area contributed by atoms with E-state index in [9.17, 15) is 9.59 Å². The summed E-state index contributed by atoms with van der Waals surface area (Å²) in [4.78, 5) is 24.0. The fourth-order valence-corrected chi connectivity index (χ4v) is 2.49. The molecule has 0 aromatic rings. The molecule has 1 N–H and O–H groups in total. The molecule has 0 aliphatic carbocycles. The van der Waals surface area contributed by atoms with Crippen LogP contribution < -0.4 is 5.32 Å². The molecule has 1 aliphatic heterocycles. The quantitative estimate of drug-likeness (QED) is 0.368. The summed E-state index contributed by atoms with van der Waals surface area (Å²) in [5.41, 5.74) is 0.975. The van der Waals surface area contributed by atoms with Gasteiger partial charge in [0.25, 0.3) is 0 Å². The molecular weight excluding hydrogens is 250 g/mol. The fourth-order valence-electron chi connectivity index (χ4n) is 1.88. The molecule has 0 radical (unpaired) electrons. The minimum absolute atomic E-state index is 0.180. The van der Waals surface area contributed by atoms with Gasteiger partial charge in [0, 0.05) is 12.2 Å². The summed E-state index contributed by atoms with van der Waals surface area (Å²) in [6, 6.07) is 0. The van der Waals surface area contributed by atoms with Crippen molar-refractivity contribution in [3.05, 3.63) is 11.3 Å². The van der Waals surface area contributed by atoms with Crippen molar-refractivity contribution in [3.8, 4) is 0 Å². The summed E-state index contributed by atoms with van der Waals surface area (Å²) in [7, 11) is 0. The number of carbonyl (C=O) groups excluding carboxylic acids is 2. The van der Waals surface area contributed by atoms with Gasteiger partial charge in [-0.25, -0.2) is 4.79 Å². The van der Waals surface area contributed by atoms with Gasteiger partial charge in [0.1, 0.15) is 5.57 Å². The Balaban J connectivity index is 2.96. The highest BCUT2D eigenvalue weighted by Crippen LogP contribution is 2.21. The van der Waals surface area contributed by atoms with Crippen molar-refractivity contribution in [2.45, 2.75) is 39.5 Å². The number of hydrogen-bond acceptors (Lipinski definition) is 5. The number of rotatable bonds is 4. The Labute approximate surface area is 113 Å². The third-order valence-corrected chi connectivity index (χ3v) is 3.46. The molecule has 1 saturated heterocycles. The molecule has 4 nitrogen and oxygen atoms in total. The van der Waals surface area contributed by atoms with Crippen molar-refractivity contribution in [3.63, 3.8) is 0 Å². The lowest BCUT2D eigenvalue weighted by molar-refractivity contribution is -0.139. The van der Waals surface area contributed by atoms with E-state index < -0.39 is 5.97 Å². The zero-order valence-electron chi connectivity index (χ0n) is 11.1. The number of esters is 1. The predicted octanol–water partition coefficient (Wildman–Crippen LogP) is 2.25. The normalized spacial score (nSPS) is 18.6. The molecule has 1 heterocycles. The van der Waals surface area contributed by atoms with Gasteiger partial charge in [-0.1, -0.05) is 25.1 Å². The SMILES string of the molecule is CCOC(=O)/C(C(=O)SCC)=C1/CCCCCN1. The van der Waals surface area contributed by atoms with Crippen molar-refractivity contribution in [1.82, 2.24) is 5.32 Å². The Morgan fingerprint density at radius 1 is 1.28 bits per heavy atom. The van der Waals surface area contributed by atoms with Crippen molar-refractivity contribution < 1.29 is 14.3 Å². The van der Waals surface area contributed by atoms with Crippen molar-refractivity contribution >= 4 is 22.8 Å². The van der Waals surface area contributed by atoms with Crippen LogP contribution >= 0.6 is 11.8 Å². The Hall–Kier alpha value is -0.970. The van der Waals surface area contributed by atoms with Crippen LogP contribution in [0.2, 0.25) is 0 Å². The molecule has 0 aromatic carbocycles. The van der Waals surface area contributed by atoms with Gasteiger partial charge in [0.15, 0.2) is 0 Å². The summed E-state index contributed by atoms with van der Waals surface area (Å²) in [5.74, 6) is 0.169.